The van der Waals surface area contributed by atoms with E-state index in [1.165, 1.54) is 0 Å². The fraction of sp³-hybridized carbons (Fsp3) is 0.857. The van der Waals surface area contributed by atoms with Crippen molar-refractivity contribution in [2.45, 2.75) is 46.0 Å². The maximum atomic E-state index is 12.1. The molecule has 0 aromatic heterocycles. The molecule has 0 aromatic rings. The van der Waals surface area contributed by atoms with Crippen LogP contribution in [-0.4, -0.2) is 41.6 Å². The number of likely N-dealkylation sites (tertiary alicyclic amines) is 1. The molecule has 2 fully saturated rings. The van der Waals surface area contributed by atoms with Crippen molar-refractivity contribution >= 4 is 12.0 Å². The molecule has 0 atom stereocenters. The molecule has 2 N–H and O–H groups in total. The zero-order valence-corrected chi connectivity index (χ0v) is 11.9. The summed E-state index contributed by atoms with van der Waals surface area (Å²) in [4.78, 5) is 25.3. The summed E-state index contributed by atoms with van der Waals surface area (Å²) in [6.45, 7) is 6.07. The highest BCUT2D eigenvalue weighted by Crippen LogP contribution is 2.38. The Hall–Kier alpha value is -1.26. The van der Waals surface area contributed by atoms with Crippen LogP contribution in [0.2, 0.25) is 0 Å². The summed E-state index contributed by atoms with van der Waals surface area (Å²) >= 11 is 0. The van der Waals surface area contributed by atoms with Crippen LogP contribution in [0, 0.1) is 10.8 Å². The van der Waals surface area contributed by atoms with E-state index in [4.69, 9.17) is 0 Å². The van der Waals surface area contributed by atoms with Gasteiger partial charge in [-0.3, -0.25) is 4.79 Å². The summed E-state index contributed by atoms with van der Waals surface area (Å²) in [5.74, 6) is -0.771. The third-order valence-corrected chi connectivity index (χ3v) is 4.56. The first-order valence-electron chi connectivity index (χ1n) is 7.11. The van der Waals surface area contributed by atoms with E-state index in [1.807, 2.05) is 0 Å². The number of nitrogens with zero attached hydrogens (tertiary/aromatic N) is 1. The maximum Gasteiger partial charge on any atom is 0.317 e. The molecule has 2 rings (SSSR count). The first-order valence-corrected chi connectivity index (χ1v) is 7.11. The quantitative estimate of drug-likeness (QED) is 0.823. The maximum absolute atomic E-state index is 12.1. The van der Waals surface area contributed by atoms with E-state index in [9.17, 15) is 14.7 Å². The van der Waals surface area contributed by atoms with E-state index in [0.717, 1.165) is 32.4 Å². The largest absolute Gasteiger partial charge is 0.481 e. The molecule has 5 nitrogen and oxygen atoms in total. The highest BCUT2D eigenvalue weighted by atomic mass is 16.4. The summed E-state index contributed by atoms with van der Waals surface area (Å²) in [7, 11) is 0. The van der Waals surface area contributed by atoms with Gasteiger partial charge in [0.05, 0.1) is 5.41 Å². The molecule has 19 heavy (non-hydrogen) atoms. The molecular weight excluding hydrogens is 244 g/mol. The van der Waals surface area contributed by atoms with Crippen LogP contribution in [0.15, 0.2) is 0 Å². The highest BCUT2D eigenvalue weighted by molar-refractivity contribution is 5.78. The number of urea groups is 1. The van der Waals surface area contributed by atoms with Gasteiger partial charge in [0, 0.05) is 19.6 Å². The number of carbonyl (C=O) groups excluding carboxylic acids is 1. The Balaban J connectivity index is 1.88. The number of rotatable bonds is 3. The van der Waals surface area contributed by atoms with Gasteiger partial charge in [-0.25, -0.2) is 4.79 Å². The molecule has 0 bridgehead atoms. The molecule has 0 aromatic carbocycles. The third-order valence-electron chi connectivity index (χ3n) is 4.56. The van der Waals surface area contributed by atoms with Crippen LogP contribution in [0.1, 0.15) is 46.0 Å². The van der Waals surface area contributed by atoms with E-state index in [2.05, 4.69) is 19.2 Å². The minimum Gasteiger partial charge on any atom is -0.481 e. The molecule has 1 aliphatic carbocycles. The zero-order chi connectivity index (χ0) is 14.1. The zero-order valence-electron chi connectivity index (χ0n) is 11.9. The van der Waals surface area contributed by atoms with Crippen LogP contribution in [-0.2, 0) is 4.79 Å². The lowest BCUT2D eigenvalue weighted by molar-refractivity contribution is -0.148. The smallest absolute Gasteiger partial charge is 0.317 e. The molecular formula is C14H24N2O3. The van der Waals surface area contributed by atoms with Crippen LogP contribution in [0.25, 0.3) is 0 Å². The number of carboxylic acid groups (broad SMARTS) is 1. The number of carbonyl (C=O) groups is 2. The second kappa shape index (κ2) is 5.02. The van der Waals surface area contributed by atoms with Gasteiger partial charge in [-0.2, -0.15) is 0 Å². The minimum atomic E-state index is -0.771. The second-order valence-electron chi connectivity index (χ2n) is 6.79. The molecule has 2 aliphatic rings. The van der Waals surface area contributed by atoms with E-state index >= 15 is 0 Å². The molecule has 108 valence electrons. The summed E-state index contributed by atoms with van der Waals surface area (Å²) < 4.78 is 0. The van der Waals surface area contributed by atoms with Gasteiger partial charge in [0.2, 0.25) is 0 Å². The minimum absolute atomic E-state index is 0.113. The summed E-state index contributed by atoms with van der Waals surface area (Å²) in [5.41, 5.74) is -0.555. The van der Waals surface area contributed by atoms with Crippen LogP contribution in [0.5, 0.6) is 0 Å². The van der Waals surface area contributed by atoms with Crippen molar-refractivity contribution in [3.8, 4) is 0 Å². The fourth-order valence-corrected chi connectivity index (χ4v) is 3.16. The van der Waals surface area contributed by atoms with Crippen molar-refractivity contribution in [3.63, 3.8) is 0 Å². The Morgan fingerprint density at radius 1 is 1.21 bits per heavy atom. The third kappa shape index (κ3) is 3.01. The number of hydrogen-bond donors (Lipinski definition) is 2. The Kier molecular flexibility index (Phi) is 3.74. The Morgan fingerprint density at radius 2 is 1.84 bits per heavy atom. The predicted molar refractivity (Wildman–Crippen MR) is 71.9 cm³/mol. The normalized spacial score (nSPS) is 24.4. The number of carboxylic acids is 1. The SMILES string of the molecule is CC1(C)CCN(C(=O)NCC2(C(=O)O)CCCC2)C1. The van der Waals surface area contributed by atoms with E-state index < -0.39 is 11.4 Å². The molecule has 0 unspecified atom stereocenters. The monoisotopic (exact) mass is 268 g/mol. The highest BCUT2D eigenvalue weighted by Gasteiger charge is 2.42. The van der Waals surface area contributed by atoms with Crippen LogP contribution in [0.4, 0.5) is 4.79 Å². The Bertz CT molecular complexity index is 373. The molecule has 0 spiro atoms. The molecule has 2 amide bonds. The molecule has 1 saturated heterocycles. The van der Waals surface area contributed by atoms with Crippen molar-refractivity contribution in [1.29, 1.82) is 0 Å². The number of amides is 2. The molecule has 1 heterocycles. The van der Waals surface area contributed by atoms with Gasteiger partial charge in [-0.1, -0.05) is 26.7 Å². The molecule has 1 saturated carbocycles. The average Bonchev–Trinajstić information content (AvgIpc) is 2.93. The van der Waals surface area contributed by atoms with E-state index in [-0.39, 0.29) is 18.0 Å². The van der Waals surface area contributed by atoms with Crippen molar-refractivity contribution in [1.82, 2.24) is 10.2 Å². The van der Waals surface area contributed by atoms with Crippen molar-refractivity contribution < 1.29 is 14.7 Å². The van der Waals surface area contributed by atoms with Gasteiger partial charge >= 0.3 is 12.0 Å². The van der Waals surface area contributed by atoms with Gasteiger partial charge < -0.3 is 15.3 Å². The van der Waals surface area contributed by atoms with E-state index in [0.29, 0.717) is 12.8 Å². The first-order chi connectivity index (χ1) is 8.85. The fourth-order valence-electron chi connectivity index (χ4n) is 3.16. The molecule has 1 aliphatic heterocycles. The lowest BCUT2D eigenvalue weighted by Gasteiger charge is -2.26. The Morgan fingerprint density at radius 3 is 2.32 bits per heavy atom. The van der Waals surface area contributed by atoms with E-state index in [1.54, 1.807) is 4.90 Å². The Labute approximate surface area is 114 Å². The van der Waals surface area contributed by atoms with Crippen LogP contribution in [0.3, 0.4) is 0 Å². The van der Waals surface area contributed by atoms with Gasteiger partial charge in [-0.15, -0.1) is 0 Å². The number of aliphatic carboxylic acids is 1. The summed E-state index contributed by atoms with van der Waals surface area (Å²) in [5, 5.41) is 12.2. The predicted octanol–water partition coefficient (Wildman–Crippen LogP) is 2.07. The lowest BCUT2D eigenvalue weighted by atomic mass is 9.86. The van der Waals surface area contributed by atoms with Gasteiger partial charge in [0.1, 0.15) is 0 Å². The van der Waals surface area contributed by atoms with Crippen molar-refractivity contribution in [2.75, 3.05) is 19.6 Å². The van der Waals surface area contributed by atoms with Crippen molar-refractivity contribution in [2.24, 2.45) is 10.8 Å². The molecule has 5 heteroatoms. The standard InChI is InChI=1S/C14H24N2O3/c1-13(2)7-8-16(10-13)12(19)15-9-14(11(17)18)5-3-4-6-14/h3-10H2,1-2H3,(H,15,19)(H,17,18). The summed E-state index contributed by atoms with van der Waals surface area (Å²) in [6, 6.07) is -0.113. The van der Waals surface area contributed by atoms with Crippen LogP contribution >= 0.6 is 0 Å². The van der Waals surface area contributed by atoms with Gasteiger partial charge in [-0.05, 0) is 24.7 Å². The second-order valence-corrected chi connectivity index (χ2v) is 6.79. The topological polar surface area (TPSA) is 69.6 Å². The van der Waals surface area contributed by atoms with Gasteiger partial charge in [0.15, 0.2) is 0 Å². The van der Waals surface area contributed by atoms with Gasteiger partial charge in [0.25, 0.3) is 0 Å². The van der Waals surface area contributed by atoms with Crippen molar-refractivity contribution in [3.05, 3.63) is 0 Å². The number of nitrogens with one attached hydrogen (secondary N) is 1. The average molecular weight is 268 g/mol. The number of hydrogen-bond acceptors (Lipinski definition) is 2. The summed E-state index contributed by atoms with van der Waals surface area (Å²) in [6.07, 6.45) is 4.24. The lowest BCUT2D eigenvalue weighted by Crippen LogP contribution is -2.46. The first kappa shape index (κ1) is 14.2. The molecule has 0 radical (unpaired) electrons. The van der Waals surface area contributed by atoms with Crippen LogP contribution < -0.4 is 5.32 Å².